The van der Waals surface area contributed by atoms with Crippen LogP contribution in [0.4, 0.5) is 5.69 Å². The predicted molar refractivity (Wildman–Crippen MR) is 79.9 cm³/mol. The van der Waals surface area contributed by atoms with Crippen LogP contribution in [0.25, 0.3) is 0 Å². The van der Waals surface area contributed by atoms with E-state index in [4.69, 9.17) is 19.9 Å². The number of benzene rings is 1. The zero-order chi connectivity index (χ0) is 15.6. The summed E-state index contributed by atoms with van der Waals surface area (Å²) in [4.78, 5) is 14.4. The number of rotatable bonds is 3. The second kappa shape index (κ2) is 6.22. The van der Waals surface area contributed by atoms with Crippen LogP contribution >= 0.6 is 0 Å². The summed E-state index contributed by atoms with van der Waals surface area (Å²) < 4.78 is 16.1. The monoisotopic (exact) mass is 294 g/mol. The molecule has 1 aliphatic heterocycles. The fourth-order valence-electron chi connectivity index (χ4n) is 2.59. The van der Waals surface area contributed by atoms with E-state index in [1.165, 1.54) is 14.2 Å². The molecule has 6 heteroatoms. The highest BCUT2D eigenvalue weighted by Gasteiger charge is 2.28. The Hall–Kier alpha value is -1.95. The number of carbonyl (C=O) groups excluding carboxylic acids is 1. The smallest absolute Gasteiger partial charge is 0.256 e. The lowest BCUT2D eigenvalue weighted by Gasteiger charge is -2.35. The number of hydrogen-bond donors (Lipinski definition) is 1. The number of ether oxygens (including phenoxy) is 3. The second-order valence-corrected chi connectivity index (χ2v) is 5.26. The first-order chi connectivity index (χ1) is 9.96. The highest BCUT2D eigenvalue weighted by atomic mass is 16.5. The number of methoxy groups -OCH3 is 2. The number of amides is 1. The molecular weight excluding hydrogens is 272 g/mol. The zero-order valence-corrected chi connectivity index (χ0v) is 12.9. The van der Waals surface area contributed by atoms with Crippen LogP contribution in [0.5, 0.6) is 11.5 Å². The molecule has 2 atom stereocenters. The lowest BCUT2D eigenvalue weighted by Crippen LogP contribution is -2.48. The molecule has 1 amide bonds. The molecule has 6 nitrogen and oxygen atoms in total. The Bertz CT molecular complexity index is 523. The van der Waals surface area contributed by atoms with Crippen LogP contribution in [0, 0.1) is 0 Å². The maximum absolute atomic E-state index is 12.7. The normalized spacial score (nSPS) is 22.0. The molecule has 1 aromatic carbocycles. The molecule has 1 saturated heterocycles. The van der Waals surface area contributed by atoms with Crippen LogP contribution in [-0.4, -0.2) is 50.3 Å². The van der Waals surface area contributed by atoms with Gasteiger partial charge in [-0.1, -0.05) is 0 Å². The minimum absolute atomic E-state index is 0.0130. The van der Waals surface area contributed by atoms with Crippen molar-refractivity contribution >= 4 is 11.6 Å². The SMILES string of the molecule is COc1cc(N)c(C(=O)N2C[C@@H](C)O[C@H](C)C2)cc1OC. The van der Waals surface area contributed by atoms with E-state index in [2.05, 4.69) is 0 Å². The van der Waals surface area contributed by atoms with Gasteiger partial charge in [-0.05, 0) is 19.9 Å². The zero-order valence-electron chi connectivity index (χ0n) is 12.9. The van der Waals surface area contributed by atoms with E-state index in [1.54, 1.807) is 17.0 Å². The Balaban J connectivity index is 2.30. The maximum atomic E-state index is 12.7. The molecular formula is C15H22N2O4. The van der Waals surface area contributed by atoms with Crippen LogP contribution in [0.3, 0.4) is 0 Å². The summed E-state index contributed by atoms with van der Waals surface area (Å²) in [7, 11) is 3.06. The number of nitrogens with two attached hydrogens (primary N) is 1. The van der Waals surface area contributed by atoms with E-state index in [9.17, 15) is 4.79 Å². The van der Waals surface area contributed by atoms with E-state index in [1.807, 2.05) is 13.8 Å². The van der Waals surface area contributed by atoms with Gasteiger partial charge in [-0.25, -0.2) is 0 Å². The van der Waals surface area contributed by atoms with Crippen molar-refractivity contribution in [3.8, 4) is 11.5 Å². The Kier molecular flexibility index (Phi) is 4.57. The van der Waals surface area contributed by atoms with Crippen molar-refractivity contribution in [2.45, 2.75) is 26.1 Å². The fraction of sp³-hybridized carbons (Fsp3) is 0.533. The molecule has 0 radical (unpaired) electrons. The Morgan fingerprint density at radius 3 is 2.24 bits per heavy atom. The van der Waals surface area contributed by atoms with Gasteiger partial charge in [0, 0.05) is 24.8 Å². The van der Waals surface area contributed by atoms with Gasteiger partial charge in [0.25, 0.3) is 5.91 Å². The molecule has 0 aromatic heterocycles. The average molecular weight is 294 g/mol. The number of nitrogen functional groups attached to an aromatic ring is 1. The first kappa shape index (κ1) is 15.4. The van der Waals surface area contributed by atoms with Crippen molar-refractivity contribution in [2.75, 3.05) is 33.0 Å². The van der Waals surface area contributed by atoms with Crippen molar-refractivity contribution < 1.29 is 19.0 Å². The summed E-state index contributed by atoms with van der Waals surface area (Å²) >= 11 is 0. The predicted octanol–water partition coefficient (Wildman–Crippen LogP) is 1.54. The van der Waals surface area contributed by atoms with Crippen molar-refractivity contribution in [3.05, 3.63) is 17.7 Å². The molecule has 2 rings (SSSR count). The molecule has 2 N–H and O–H groups in total. The van der Waals surface area contributed by atoms with Crippen molar-refractivity contribution in [3.63, 3.8) is 0 Å². The highest BCUT2D eigenvalue weighted by Crippen LogP contribution is 2.32. The van der Waals surface area contributed by atoms with Crippen LogP contribution in [0.1, 0.15) is 24.2 Å². The molecule has 0 spiro atoms. The lowest BCUT2D eigenvalue weighted by molar-refractivity contribution is -0.0586. The maximum Gasteiger partial charge on any atom is 0.256 e. The van der Waals surface area contributed by atoms with E-state index in [-0.39, 0.29) is 18.1 Å². The minimum atomic E-state index is -0.115. The molecule has 116 valence electrons. The molecule has 0 unspecified atom stereocenters. The van der Waals surface area contributed by atoms with E-state index < -0.39 is 0 Å². The molecule has 21 heavy (non-hydrogen) atoms. The minimum Gasteiger partial charge on any atom is -0.493 e. The van der Waals surface area contributed by atoms with Crippen LogP contribution in [-0.2, 0) is 4.74 Å². The molecule has 0 bridgehead atoms. The van der Waals surface area contributed by atoms with Gasteiger partial charge in [0.2, 0.25) is 0 Å². The van der Waals surface area contributed by atoms with E-state index >= 15 is 0 Å². The molecule has 0 aliphatic carbocycles. The van der Waals surface area contributed by atoms with E-state index in [0.29, 0.717) is 35.8 Å². The first-order valence-electron chi connectivity index (χ1n) is 6.92. The van der Waals surface area contributed by atoms with Gasteiger partial charge in [0.15, 0.2) is 11.5 Å². The summed E-state index contributed by atoms with van der Waals surface area (Å²) in [5.41, 5.74) is 6.79. The summed E-state index contributed by atoms with van der Waals surface area (Å²) in [5.74, 6) is 0.884. The van der Waals surface area contributed by atoms with Gasteiger partial charge in [-0.15, -0.1) is 0 Å². The van der Waals surface area contributed by atoms with Gasteiger partial charge in [0.1, 0.15) is 0 Å². The van der Waals surface area contributed by atoms with Crippen molar-refractivity contribution in [1.29, 1.82) is 0 Å². The van der Waals surface area contributed by atoms with Crippen LogP contribution in [0.15, 0.2) is 12.1 Å². The summed E-state index contributed by atoms with van der Waals surface area (Å²) in [6.07, 6.45) is 0.0261. The summed E-state index contributed by atoms with van der Waals surface area (Å²) in [6, 6.07) is 3.24. The van der Waals surface area contributed by atoms with Gasteiger partial charge >= 0.3 is 0 Å². The third-order valence-electron chi connectivity index (χ3n) is 3.49. The fourth-order valence-corrected chi connectivity index (χ4v) is 2.59. The molecule has 1 heterocycles. The highest BCUT2D eigenvalue weighted by molar-refractivity contribution is 6.00. The van der Waals surface area contributed by atoms with Crippen LogP contribution < -0.4 is 15.2 Å². The lowest BCUT2D eigenvalue weighted by atomic mass is 10.1. The Morgan fingerprint density at radius 2 is 1.71 bits per heavy atom. The van der Waals surface area contributed by atoms with E-state index in [0.717, 1.165) is 0 Å². The third-order valence-corrected chi connectivity index (χ3v) is 3.49. The average Bonchev–Trinajstić information content (AvgIpc) is 2.45. The summed E-state index contributed by atoms with van der Waals surface area (Å²) in [6.45, 7) is 5.01. The largest absolute Gasteiger partial charge is 0.493 e. The van der Waals surface area contributed by atoms with Gasteiger partial charge in [0.05, 0.1) is 32.0 Å². The Morgan fingerprint density at radius 1 is 1.19 bits per heavy atom. The number of hydrogen-bond acceptors (Lipinski definition) is 5. The second-order valence-electron chi connectivity index (χ2n) is 5.26. The van der Waals surface area contributed by atoms with Gasteiger partial charge in [-0.2, -0.15) is 0 Å². The van der Waals surface area contributed by atoms with Gasteiger partial charge < -0.3 is 24.8 Å². The molecule has 0 saturated carbocycles. The van der Waals surface area contributed by atoms with Crippen molar-refractivity contribution in [1.82, 2.24) is 4.90 Å². The van der Waals surface area contributed by atoms with Crippen molar-refractivity contribution in [2.24, 2.45) is 0 Å². The quantitative estimate of drug-likeness (QED) is 0.856. The third kappa shape index (κ3) is 3.21. The Labute approximate surface area is 124 Å². The number of carbonyl (C=O) groups is 1. The van der Waals surface area contributed by atoms with Crippen LogP contribution in [0.2, 0.25) is 0 Å². The number of anilines is 1. The summed E-state index contributed by atoms with van der Waals surface area (Å²) in [5, 5.41) is 0. The number of nitrogens with zero attached hydrogens (tertiary/aromatic N) is 1. The topological polar surface area (TPSA) is 74.0 Å². The molecule has 1 aliphatic rings. The number of morpholine rings is 1. The van der Waals surface area contributed by atoms with Gasteiger partial charge in [-0.3, -0.25) is 4.79 Å². The molecule has 1 fully saturated rings. The molecule has 1 aromatic rings. The standard InChI is InChI=1S/C15H22N2O4/c1-9-7-17(8-10(2)21-9)15(18)11-5-13(19-3)14(20-4)6-12(11)16/h5-6,9-10H,7-8,16H2,1-4H3/t9-,10-/m1/s1. The first-order valence-corrected chi connectivity index (χ1v) is 6.92.